The lowest BCUT2D eigenvalue weighted by atomic mass is 9.77. The van der Waals surface area contributed by atoms with E-state index in [1.807, 2.05) is 87.5 Å². The van der Waals surface area contributed by atoms with E-state index in [1.165, 1.54) is 39.5 Å². The van der Waals surface area contributed by atoms with Crippen LogP contribution in [0.25, 0.3) is 4.95 Å². The molecule has 0 aliphatic carbocycles. The third-order valence-corrected chi connectivity index (χ3v) is 17.5. The third kappa shape index (κ3) is 16.1. The van der Waals surface area contributed by atoms with Gasteiger partial charge in [-0.1, -0.05) is 28.1 Å². The number of anilines is 1. The Labute approximate surface area is 608 Å². The first-order chi connectivity index (χ1) is 49.5. The highest BCUT2D eigenvalue weighted by Crippen LogP contribution is 2.57. The molecule has 2 spiro atoms. The number of pyridine rings is 3. The molecule has 28 heteroatoms. The topological polar surface area (TPSA) is 300 Å². The largest absolute Gasteiger partial charge is 0.497 e. The van der Waals surface area contributed by atoms with E-state index in [0.29, 0.717) is 133 Å². The number of amidine groups is 2. The number of nitrogens with one attached hydrogen (secondary N) is 1. The van der Waals surface area contributed by atoms with E-state index in [1.54, 1.807) is 61.1 Å². The second kappa shape index (κ2) is 34.2. The molecule has 8 heterocycles. The Kier molecular flexibility index (Phi) is 25.3. The number of nitrogen functional groups attached to an aromatic ring is 1. The molecule has 0 amide bonds. The zero-order chi connectivity index (χ0) is 72.7. The number of aliphatic hydroxyl groups is 2. The molecule has 0 radical (unpaired) electrons. The minimum Gasteiger partial charge on any atom is -0.497 e. The van der Waals surface area contributed by atoms with E-state index < -0.39 is 34.1 Å². The molecule has 540 valence electrons. The van der Waals surface area contributed by atoms with Crippen molar-refractivity contribution < 1.29 is 75.5 Å². The highest BCUT2D eigenvalue weighted by Gasteiger charge is 2.49. The van der Waals surface area contributed by atoms with Crippen molar-refractivity contribution in [2.24, 2.45) is 21.5 Å². The van der Waals surface area contributed by atoms with Crippen molar-refractivity contribution in [3.63, 3.8) is 0 Å². The number of nitrogens with zero attached hydrogens (tertiary/aromatic N) is 6. The predicted octanol–water partition coefficient (Wildman–Crippen LogP) is 13.5. The van der Waals surface area contributed by atoms with Crippen LogP contribution in [0.5, 0.6) is 69.0 Å². The molecule has 0 fully saturated rings. The van der Waals surface area contributed by atoms with Gasteiger partial charge in [0.15, 0.2) is 51.8 Å². The van der Waals surface area contributed by atoms with Gasteiger partial charge in [-0.25, -0.2) is 28.1 Å². The summed E-state index contributed by atoms with van der Waals surface area (Å²) in [5, 5.41) is 16.9. The number of aliphatic imine (C=N–C) groups is 2. The van der Waals surface area contributed by atoms with Gasteiger partial charge in [-0.05, 0) is 129 Å². The van der Waals surface area contributed by atoms with Crippen LogP contribution >= 0.6 is 28.3 Å². The molecule has 5 aliphatic rings. The predicted molar refractivity (Wildman–Crippen MR) is 386 cm³/mol. The standard InChI is InChI=1S/2C25H24FN3O4.C17H14BrFN2O3.C7H10N2O.CH4O.ClH/c1-3-31-22-5-4-9-28-20(22)12-15-6-7-21-17(11-15)25(8-10-32-24(27)29-25)18-13-16(30-2)14-19(26)23(18)33-21;1-4-32-23-6-5-10-28-21(23)13-16-7-8-22-18(12-16)25(9-11-30,29-27-2)19-14-17(31-3)15-20(26)24(19)33-22;1-22-10-7-12-15(13(19)8-10)24-14-3-2-9(18)6-11(14)17(12)4-5-23-16(20)21-17;1-2-10-6-4-3-5-9-7(6)8;1-2;/h4-7,9,11,13-14H,3,8,10,12H2,1-2H3,(H2,27,29);5-8,10,12,14-15,29-30H,4,9,11,13H2,1,3H3;2-3,6-8H,4-5H2,1H3,(H2,20,21);3-5H,2H2,1H3,(H2,8,9);2H,1H3;1H/t2*25-;17-;;;/m000.../s1. The molecule has 5 aliphatic heterocycles. The van der Waals surface area contributed by atoms with Crippen LogP contribution in [0.2, 0.25) is 0 Å². The molecule has 0 bridgehead atoms. The lowest BCUT2D eigenvalue weighted by Crippen LogP contribution is -2.43. The summed E-state index contributed by atoms with van der Waals surface area (Å²) < 4.78 is 106. The Morgan fingerprint density at radius 3 is 1.39 bits per heavy atom. The number of fused-ring (bicyclic) bond motifs is 10. The second-order valence-electron chi connectivity index (χ2n) is 22.9. The van der Waals surface area contributed by atoms with E-state index in [0.717, 1.165) is 51.0 Å². The maximum atomic E-state index is 15.0. The highest BCUT2D eigenvalue weighted by molar-refractivity contribution is 9.10. The molecule has 9 N–H and O–H groups in total. The van der Waals surface area contributed by atoms with Gasteiger partial charge in [-0.3, -0.25) is 9.97 Å². The van der Waals surface area contributed by atoms with Crippen LogP contribution in [0, 0.1) is 24.0 Å². The van der Waals surface area contributed by atoms with E-state index in [2.05, 4.69) is 46.3 Å². The van der Waals surface area contributed by atoms with Gasteiger partial charge in [0, 0.05) is 120 Å². The first-order valence-corrected chi connectivity index (χ1v) is 33.1. The smallest absolute Gasteiger partial charge is 0.283 e. The van der Waals surface area contributed by atoms with Crippen LogP contribution in [-0.2, 0) is 38.9 Å². The van der Waals surface area contributed by atoms with Gasteiger partial charge >= 0.3 is 0 Å². The third-order valence-electron chi connectivity index (χ3n) is 17.0. The van der Waals surface area contributed by atoms with Gasteiger partial charge in [-0.2, -0.15) is 11.5 Å². The van der Waals surface area contributed by atoms with Crippen molar-refractivity contribution in [2.75, 3.05) is 73.8 Å². The van der Waals surface area contributed by atoms with E-state index in [4.69, 9.17) is 86.0 Å². The maximum Gasteiger partial charge on any atom is 0.283 e. The average molecular weight is 1500 g/mol. The van der Waals surface area contributed by atoms with Crippen molar-refractivity contribution in [3.8, 4) is 69.0 Å². The molecule has 0 saturated heterocycles. The normalized spacial score (nSPS) is 17.0. The van der Waals surface area contributed by atoms with E-state index in [9.17, 15) is 18.3 Å². The van der Waals surface area contributed by atoms with E-state index >= 15 is 0 Å². The molecule has 14 rings (SSSR count). The molecule has 23 nitrogen and oxygen atoms in total. The number of aromatic nitrogens is 3. The molecule has 9 aromatic rings. The van der Waals surface area contributed by atoms with Crippen molar-refractivity contribution in [1.82, 2.24) is 20.4 Å². The summed E-state index contributed by atoms with van der Waals surface area (Å²) in [5.41, 5.74) is 24.4. The Bertz CT molecular complexity index is 4620. The fourth-order valence-electron chi connectivity index (χ4n) is 12.6. The Balaban J connectivity index is 0.000000167. The molecule has 6 aromatic carbocycles. The van der Waals surface area contributed by atoms with Crippen molar-refractivity contribution in [3.05, 3.63) is 235 Å². The monoisotopic (exact) mass is 1500 g/mol. The first kappa shape index (κ1) is 76.3. The van der Waals surface area contributed by atoms with Gasteiger partial charge in [0.25, 0.3) is 12.0 Å². The minimum absolute atomic E-state index is 0. The average Bonchev–Trinajstić information content (AvgIpc) is 0.733. The first-order valence-electron chi connectivity index (χ1n) is 32.3. The number of rotatable bonds is 16. The summed E-state index contributed by atoms with van der Waals surface area (Å²) in [6.07, 6.45) is 7.24. The summed E-state index contributed by atoms with van der Waals surface area (Å²) >= 11 is 3.47. The van der Waals surface area contributed by atoms with Crippen molar-refractivity contribution in [1.29, 1.82) is 0 Å². The zero-order valence-electron chi connectivity index (χ0n) is 57.4. The SMILES string of the molecule is CCOc1cccnc1Cc1ccc2c(c1)[C@@]1(CCOC(N)=N1)c1cc(OC)cc(F)c1O2.CCOc1cccnc1N.CO.COc1cc(F)c2c(c1)[C@]1(CCOC(N)=N1)c1cc(Br)ccc1O2.Cl.[C-]#[N+]N[C@@]1(CCO)c2cc(Cc3ncccc3OCC)ccc2Oc2c(F)cc(OC)cc21. The fourth-order valence-corrected chi connectivity index (χ4v) is 13.0. The molecule has 0 saturated carbocycles. The van der Waals surface area contributed by atoms with Crippen molar-refractivity contribution in [2.45, 2.75) is 69.5 Å². The number of hydrogen-bond acceptors (Lipinski definition) is 22. The Morgan fingerprint density at radius 2 is 0.951 bits per heavy atom. The molecule has 3 aromatic heterocycles. The van der Waals surface area contributed by atoms with Crippen LogP contribution in [-0.4, -0.2) is 105 Å². The lowest BCUT2D eigenvalue weighted by molar-refractivity contribution is 0.217. The number of benzene rings is 6. The van der Waals surface area contributed by atoms with Crippen LogP contribution in [0.4, 0.5) is 19.0 Å². The molecular weight excluding hydrogens is 1420 g/mol. The van der Waals surface area contributed by atoms with Crippen molar-refractivity contribution >= 4 is 46.2 Å². The summed E-state index contributed by atoms with van der Waals surface area (Å²) in [5.74, 6) is 3.74. The molecule has 103 heavy (non-hydrogen) atoms. The number of hydrogen-bond donors (Lipinski definition) is 6. The molecule has 0 unspecified atom stereocenters. The van der Waals surface area contributed by atoms with Gasteiger partial charge in [0.05, 0.1) is 65.8 Å². The lowest BCUT2D eigenvalue weighted by Gasteiger charge is -2.39. The molecular formula is C75H77BrClF3N10O13. The quantitative estimate of drug-likeness (QED) is 0.0387. The fraction of sp³-hybridized carbons (Fsp3) is 0.280. The zero-order valence-corrected chi connectivity index (χ0v) is 59.8. The number of nitrogens with two attached hydrogens (primary N) is 3. The Hall–Kier alpha value is -10.9. The van der Waals surface area contributed by atoms with Gasteiger partial charge in [0.1, 0.15) is 57.1 Å². The summed E-state index contributed by atoms with van der Waals surface area (Å²) in [4.78, 5) is 25.5. The van der Waals surface area contributed by atoms with Crippen LogP contribution in [0.1, 0.15) is 95.9 Å². The van der Waals surface area contributed by atoms with Crippen LogP contribution < -0.4 is 65.3 Å². The summed E-state index contributed by atoms with van der Waals surface area (Å²) in [7, 11) is 5.42. The van der Waals surface area contributed by atoms with Gasteiger partial charge in [0.2, 0.25) is 0 Å². The van der Waals surface area contributed by atoms with Gasteiger partial charge < -0.3 is 79.5 Å². The minimum atomic E-state index is -1.20. The highest BCUT2D eigenvalue weighted by atomic mass is 79.9. The second-order valence-corrected chi connectivity index (χ2v) is 23.8. The number of methoxy groups -OCH3 is 3. The number of aliphatic hydroxyl groups excluding tert-OH is 2. The summed E-state index contributed by atoms with van der Waals surface area (Å²) in [6, 6.07) is 37.0. The number of halogens is 5. The van der Waals surface area contributed by atoms with Crippen LogP contribution in [0.3, 0.4) is 0 Å². The Morgan fingerprint density at radius 1 is 0.544 bits per heavy atom. The van der Waals surface area contributed by atoms with Gasteiger partial charge in [-0.15, -0.1) is 17.8 Å². The summed E-state index contributed by atoms with van der Waals surface area (Å²) in [6.45, 7) is 15.5. The van der Waals surface area contributed by atoms with E-state index in [-0.39, 0.29) is 54.7 Å². The number of ether oxygens (including phenoxy) is 11. The molecule has 3 atom stereocenters. The van der Waals surface area contributed by atoms with Crippen LogP contribution in [0.15, 0.2) is 160 Å². The maximum absolute atomic E-state index is 15.0.